The highest BCUT2D eigenvalue weighted by Gasteiger charge is 2.24. The van der Waals surface area contributed by atoms with Gasteiger partial charge in [0.05, 0.1) is 69.0 Å². The predicted molar refractivity (Wildman–Crippen MR) is 363 cm³/mol. The van der Waals surface area contributed by atoms with Gasteiger partial charge < -0.3 is 42.5 Å². The quantitative estimate of drug-likeness (QED) is 0.0451. The Balaban J connectivity index is 0.000000230. The molecule has 0 atom stereocenters. The zero-order valence-electron chi connectivity index (χ0n) is 45.3. The zero-order valence-corrected chi connectivity index (χ0v) is 52.9. The molecular weight excluding hydrogens is 1360 g/mol. The Hall–Kier alpha value is -8.69. The zero-order chi connectivity index (χ0) is 64.7. The fourth-order valence-electron chi connectivity index (χ4n) is 8.46. The van der Waals surface area contributed by atoms with Crippen molar-refractivity contribution in [1.82, 2.24) is 0 Å². The minimum Gasteiger partial charge on any atom is -0.505 e. The number of carboxylic acids is 1. The highest BCUT2D eigenvalue weighted by molar-refractivity contribution is 6.40. The van der Waals surface area contributed by atoms with E-state index in [4.69, 9.17) is 127 Å². The largest absolute Gasteiger partial charge is 0.505 e. The number of carbonyl (C=O) groups excluding carboxylic acids is 2. The van der Waals surface area contributed by atoms with Crippen LogP contribution in [0, 0.1) is 0 Å². The topological polar surface area (TPSA) is 282 Å². The van der Waals surface area contributed by atoms with E-state index in [1.165, 1.54) is 60.7 Å². The van der Waals surface area contributed by atoms with Crippen LogP contribution in [0.4, 0.5) is 56.9 Å². The number of phenols is 3. The van der Waals surface area contributed by atoms with Gasteiger partial charge in [0.2, 0.25) is 0 Å². The number of aromatic hydroxyl groups is 3. The lowest BCUT2D eigenvalue weighted by atomic mass is 10.0. The van der Waals surface area contributed by atoms with Gasteiger partial charge in [-0.3, -0.25) is 9.59 Å². The maximum Gasteiger partial charge on any atom is 0.339 e. The first kappa shape index (κ1) is 65.7. The summed E-state index contributed by atoms with van der Waals surface area (Å²) in [5.41, 5.74) is 12.4. The number of rotatable bonds is 11. The number of nitrogens with one attached hydrogen (secondary N) is 2. The lowest BCUT2D eigenvalue weighted by Crippen LogP contribution is -2.14. The fraction of sp³-hybridized carbons (Fsp3) is 0. The predicted octanol–water partition coefficient (Wildman–Crippen LogP) is 22.8. The number of nitrogens with two attached hydrogens (primary N) is 2. The minimum atomic E-state index is -1.25. The smallest absolute Gasteiger partial charge is 0.339 e. The van der Waals surface area contributed by atoms with Gasteiger partial charge in [-0.15, -0.1) is 30.7 Å². The molecule has 11 aromatic carbocycles. The Morgan fingerprint density at radius 3 is 0.956 bits per heavy atom. The summed E-state index contributed by atoms with van der Waals surface area (Å²) in [6, 6.07) is 45.1. The Labute approximate surface area is 560 Å². The maximum absolute atomic E-state index is 13.7. The molecule has 27 heteroatoms. The molecular formula is C63H38Cl10N10O7. The molecule has 11 aromatic rings. The van der Waals surface area contributed by atoms with E-state index < -0.39 is 35.0 Å². The molecule has 0 aliphatic carbocycles. The summed E-state index contributed by atoms with van der Waals surface area (Å²) < 4.78 is 0. The first-order chi connectivity index (χ1) is 42.9. The Morgan fingerprint density at radius 2 is 0.644 bits per heavy atom. The second-order valence-electron chi connectivity index (χ2n) is 18.8. The van der Waals surface area contributed by atoms with Crippen molar-refractivity contribution < 1.29 is 34.8 Å². The molecule has 10 N–H and O–H groups in total. The standard InChI is InChI=1S/C40H22Cl6N6O4.C17H10Cl2N2O3.C6H6Cl2N2/c41-21-9-11-31(27(43)15-21)49-51-35-23-7-3-1-5-19(23)13-25(37(35)53)39(55)47-33-17-30(46)34(18-29(33)45)48-40(56)26-14-20-6-2-4-8-24(20)36(38(26)54)52-50-32-12-10-22(42)16-28(32)44;18-10-5-6-14(13(19)8-10)20-21-15-11-4-2-1-3-9(11)7-12(16(15)22)17(23)24;7-3-1-5(9)4(8)2-6(3)10/h1-18,53-54H,(H,47,55)(H,48,56);1-8,22H,(H,23,24);1-2H,9-10H2. The van der Waals surface area contributed by atoms with Crippen LogP contribution in [0.25, 0.3) is 32.3 Å². The summed E-state index contributed by atoms with van der Waals surface area (Å²) in [7, 11) is 0. The number of azo groups is 3. The van der Waals surface area contributed by atoms with Gasteiger partial charge in [0.15, 0.2) is 17.2 Å². The average Bonchev–Trinajstić information content (AvgIpc) is 0.886. The maximum atomic E-state index is 13.7. The summed E-state index contributed by atoms with van der Waals surface area (Å²) in [4.78, 5) is 38.6. The van der Waals surface area contributed by atoms with Crippen LogP contribution < -0.4 is 22.1 Å². The van der Waals surface area contributed by atoms with Crippen molar-refractivity contribution in [3.05, 3.63) is 237 Å². The van der Waals surface area contributed by atoms with E-state index in [0.29, 0.717) is 90.9 Å². The van der Waals surface area contributed by atoms with Crippen molar-refractivity contribution in [3.63, 3.8) is 0 Å². The SMILES string of the molecule is Nc1cc(Cl)c(N)cc1Cl.O=C(Nc1cc(Cl)c(NC(=O)c2cc3ccccc3c(N=Nc3ccc(Cl)cc3Cl)c2O)cc1Cl)c1cc2ccccc2c(N=Nc2ccc(Cl)cc2Cl)c1O.O=C(O)c1cc2ccccc2c(N=Nc2ccc(Cl)cc2Cl)c1O. The summed E-state index contributed by atoms with van der Waals surface area (Å²) in [5, 5.41) is 78.6. The van der Waals surface area contributed by atoms with E-state index in [0.717, 1.165) is 0 Å². The molecule has 0 saturated carbocycles. The number of fused-ring (bicyclic) bond motifs is 3. The van der Waals surface area contributed by atoms with Gasteiger partial charge in [-0.1, -0.05) is 189 Å². The number of benzene rings is 11. The van der Waals surface area contributed by atoms with Gasteiger partial charge in [0, 0.05) is 31.2 Å². The van der Waals surface area contributed by atoms with Crippen LogP contribution >= 0.6 is 116 Å². The first-order valence-electron chi connectivity index (χ1n) is 25.7. The number of carboxylic acid groups (broad SMARTS) is 1. The monoisotopic (exact) mass is 1400 g/mol. The normalized spacial score (nSPS) is 11.3. The van der Waals surface area contributed by atoms with E-state index in [9.17, 15) is 34.8 Å². The van der Waals surface area contributed by atoms with E-state index in [-0.39, 0.29) is 65.2 Å². The van der Waals surface area contributed by atoms with Gasteiger partial charge in [-0.2, -0.15) is 0 Å². The molecule has 0 spiro atoms. The highest BCUT2D eigenvalue weighted by Crippen LogP contribution is 2.45. The summed E-state index contributed by atoms with van der Waals surface area (Å²) in [6.45, 7) is 0. The number of nitrogen functional groups attached to an aromatic ring is 2. The van der Waals surface area contributed by atoms with Crippen LogP contribution in [0.2, 0.25) is 50.2 Å². The number of anilines is 4. The number of nitrogens with zero attached hydrogens (tertiary/aromatic N) is 6. The molecule has 0 bridgehead atoms. The summed E-state index contributed by atoms with van der Waals surface area (Å²) in [5.74, 6) is -4.09. The van der Waals surface area contributed by atoms with Gasteiger partial charge in [-0.25, -0.2) is 4.79 Å². The van der Waals surface area contributed by atoms with Gasteiger partial charge in [0.25, 0.3) is 11.8 Å². The molecule has 452 valence electrons. The van der Waals surface area contributed by atoms with Gasteiger partial charge in [-0.05, 0) is 113 Å². The van der Waals surface area contributed by atoms with Crippen LogP contribution in [0.1, 0.15) is 31.1 Å². The average molecular weight is 1400 g/mol. The third kappa shape index (κ3) is 15.3. The Kier molecular flexibility index (Phi) is 21.1. The van der Waals surface area contributed by atoms with Crippen molar-refractivity contribution in [2.75, 3.05) is 22.1 Å². The number of carbonyl (C=O) groups is 3. The number of halogens is 10. The van der Waals surface area contributed by atoms with Crippen LogP contribution in [0.15, 0.2) is 201 Å². The van der Waals surface area contributed by atoms with Crippen molar-refractivity contribution in [2.24, 2.45) is 30.7 Å². The third-order valence-electron chi connectivity index (χ3n) is 12.9. The van der Waals surface area contributed by atoms with Gasteiger partial charge >= 0.3 is 5.97 Å². The second kappa shape index (κ2) is 28.9. The van der Waals surface area contributed by atoms with Crippen molar-refractivity contribution in [3.8, 4) is 17.2 Å². The van der Waals surface area contributed by atoms with Crippen molar-refractivity contribution >= 4 is 223 Å². The summed E-state index contributed by atoms with van der Waals surface area (Å²) >= 11 is 60.8. The molecule has 0 aliphatic heterocycles. The van der Waals surface area contributed by atoms with Gasteiger partial charge in [0.1, 0.15) is 39.7 Å². The molecule has 17 nitrogen and oxygen atoms in total. The molecule has 2 amide bonds. The van der Waals surface area contributed by atoms with Crippen LogP contribution in [0.5, 0.6) is 17.2 Å². The molecule has 0 aromatic heterocycles. The molecule has 0 unspecified atom stereocenters. The van der Waals surface area contributed by atoms with Crippen LogP contribution in [0.3, 0.4) is 0 Å². The number of hydrogen-bond donors (Lipinski definition) is 8. The molecule has 90 heavy (non-hydrogen) atoms. The highest BCUT2D eigenvalue weighted by atomic mass is 35.5. The Morgan fingerprint density at radius 1 is 0.344 bits per heavy atom. The van der Waals surface area contributed by atoms with Crippen LogP contribution in [-0.2, 0) is 0 Å². The van der Waals surface area contributed by atoms with Crippen molar-refractivity contribution in [2.45, 2.75) is 0 Å². The summed E-state index contributed by atoms with van der Waals surface area (Å²) in [6.07, 6.45) is 0. The van der Waals surface area contributed by atoms with E-state index in [2.05, 4.69) is 41.3 Å². The third-order valence-corrected chi connectivity index (χ3v) is 15.8. The molecule has 0 aliphatic rings. The lowest BCUT2D eigenvalue weighted by Gasteiger charge is -2.15. The van der Waals surface area contributed by atoms with Crippen LogP contribution in [-0.4, -0.2) is 38.2 Å². The molecule has 0 fully saturated rings. The van der Waals surface area contributed by atoms with Crippen molar-refractivity contribution in [1.29, 1.82) is 0 Å². The lowest BCUT2D eigenvalue weighted by molar-refractivity contribution is 0.0693. The molecule has 0 radical (unpaired) electrons. The van der Waals surface area contributed by atoms with E-state index >= 15 is 0 Å². The van der Waals surface area contributed by atoms with E-state index in [1.54, 1.807) is 109 Å². The Bertz CT molecular complexity index is 4570. The number of aromatic carboxylic acids is 1. The van der Waals surface area contributed by atoms with E-state index in [1.807, 2.05) is 0 Å². The fourth-order valence-corrected chi connectivity index (χ4v) is 10.6. The second-order valence-corrected chi connectivity index (χ2v) is 23.0. The molecule has 11 rings (SSSR count). The number of phenolic OH excluding ortho intramolecular Hbond substituents is 2. The molecule has 0 saturated heterocycles. The minimum absolute atomic E-state index is 0.00677. The number of amides is 2. The number of hydrogen-bond acceptors (Lipinski definition) is 14. The molecule has 0 heterocycles. The first-order valence-corrected chi connectivity index (χ1v) is 29.4.